The molecular formula is C25H21NO. The van der Waals surface area contributed by atoms with E-state index in [9.17, 15) is 5.11 Å². The third-order valence-electron chi connectivity index (χ3n) is 4.75. The van der Waals surface area contributed by atoms with Crippen LogP contribution in [0.2, 0.25) is 0 Å². The number of para-hydroxylation sites is 2. The van der Waals surface area contributed by atoms with Crippen LogP contribution in [0.25, 0.3) is 0 Å². The van der Waals surface area contributed by atoms with Crippen LogP contribution >= 0.6 is 0 Å². The third kappa shape index (κ3) is 3.35. The molecule has 0 heterocycles. The number of aliphatic hydroxyl groups is 1. The van der Waals surface area contributed by atoms with Crippen LogP contribution in [-0.2, 0) is 5.60 Å². The molecule has 0 aliphatic carbocycles. The van der Waals surface area contributed by atoms with Crippen molar-refractivity contribution in [2.45, 2.75) is 5.60 Å². The average molecular weight is 351 g/mol. The van der Waals surface area contributed by atoms with Crippen LogP contribution in [0.1, 0.15) is 16.7 Å². The highest BCUT2D eigenvalue weighted by Crippen LogP contribution is 2.40. The summed E-state index contributed by atoms with van der Waals surface area (Å²) in [4.78, 5) is 0. The van der Waals surface area contributed by atoms with Crippen LogP contribution in [0, 0.1) is 0 Å². The van der Waals surface area contributed by atoms with Crippen LogP contribution in [0.3, 0.4) is 0 Å². The lowest BCUT2D eigenvalue weighted by Gasteiger charge is -2.32. The Kier molecular flexibility index (Phi) is 4.73. The fourth-order valence-corrected chi connectivity index (χ4v) is 3.42. The van der Waals surface area contributed by atoms with E-state index in [1.807, 2.05) is 115 Å². The van der Waals surface area contributed by atoms with Gasteiger partial charge in [0.1, 0.15) is 5.60 Å². The fraction of sp³-hybridized carbons (Fsp3) is 0.0400. The molecule has 0 aliphatic rings. The van der Waals surface area contributed by atoms with Crippen molar-refractivity contribution >= 4 is 11.4 Å². The molecule has 4 aromatic rings. The van der Waals surface area contributed by atoms with E-state index in [0.29, 0.717) is 0 Å². The van der Waals surface area contributed by atoms with Gasteiger partial charge in [-0.1, -0.05) is 97.1 Å². The normalized spacial score (nSPS) is 11.1. The molecule has 0 bridgehead atoms. The number of hydrogen-bond acceptors (Lipinski definition) is 2. The molecule has 0 unspecified atom stereocenters. The Balaban J connectivity index is 1.90. The SMILES string of the molecule is OC(c1ccccc1)(c1ccccc1)c1ccccc1Nc1ccccc1. The number of rotatable bonds is 5. The molecule has 0 spiro atoms. The van der Waals surface area contributed by atoms with Crippen LogP contribution < -0.4 is 5.32 Å². The van der Waals surface area contributed by atoms with Crippen molar-refractivity contribution in [1.29, 1.82) is 0 Å². The van der Waals surface area contributed by atoms with Gasteiger partial charge in [-0.15, -0.1) is 0 Å². The van der Waals surface area contributed by atoms with Crippen LogP contribution in [0.5, 0.6) is 0 Å². The summed E-state index contributed by atoms with van der Waals surface area (Å²) in [7, 11) is 0. The maximum atomic E-state index is 12.0. The van der Waals surface area contributed by atoms with Gasteiger partial charge in [-0.05, 0) is 29.3 Å². The predicted octanol–water partition coefficient (Wildman–Crippen LogP) is 5.71. The highest BCUT2D eigenvalue weighted by Gasteiger charge is 2.35. The lowest BCUT2D eigenvalue weighted by Crippen LogP contribution is -2.29. The summed E-state index contributed by atoms with van der Waals surface area (Å²) in [5, 5.41) is 15.5. The highest BCUT2D eigenvalue weighted by atomic mass is 16.3. The van der Waals surface area contributed by atoms with Crippen molar-refractivity contribution in [3.8, 4) is 0 Å². The number of benzene rings is 4. The molecule has 4 aromatic carbocycles. The molecule has 4 rings (SSSR count). The maximum absolute atomic E-state index is 12.0. The fourth-order valence-electron chi connectivity index (χ4n) is 3.42. The molecule has 27 heavy (non-hydrogen) atoms. The zero-order valence-electron chi connectivity index (χ0n) is 14.9. The second-order valence-corrected chi connectivity index (χ2v) is 6.48. The molecule has 0 fully saturated rings. The van der Waals surface area contributed by atoms with Crippen molar-refractivity contribution in [2.75, 3.05) is 5.32 Å². The van der Waals surface area contributed by atoms with Gasteiger partial charge >= 0.3 is 0 Å². The topological polar surface area (TPSA) is 32.3 Å². The lowest BCUT2D eigenvalue weighted by atomic mass is 9.79. The van der Waals surface area contributed by atoms with Crippen molar-refractivity contribution in [1.82, 2.24) is 0 Å². The average Bonchev–Trinajstić information content (AvgIpc) is 2.75. The van der Waals surface area contributed by atoms with E-state index in [0.717, 1.165) is 28.1 Å². The summed E-state index contributed by atoms with van der Waals surface area (Å²) in [5.74, 6) is 0. The van der Waals surface area contributed by atoms with Gasteiger partial charge in [0.05, 0.1) is 0 Å². The largest absolute Gasteiger partial charge is 0.376 e. The Morgan fingerprint density at radius 1 is 0.519 bits per heavy atom. The first-order chi connectivity index (χ1) is 13.3. The molecule has 0 saturated carbocycles. The van der Waals surface area contributed by atoms with Gasteiger partial charge in [-0.25, -0.2) is 0 Å². The van der Waals surface area contributed by atoms with Crippen molar-refractivity contribution in [3.63, 3.8) is 0 Å². The Labute approximate surface area is 159 Å². The van der Waals surface area contributed by atoms with Crippen molar-refractivity contribution in [3.05, 3.63) is 132 Å². The monoisotopic (exact) mass is 351 g/mol. The van der Waals surface area contributed by atoms with E-state index in [4.69, 9.17) is 0 Å². The molecule has 2 heteroatoms. The Bertz CT molecular complexity index is 958. The van der Waals surface area contributed by atoms with E-state index >= 15 is 0 Å². The van der Waals surface area contributed by atoms with Gasteiger partial charge in [-0.3, -0.25) is 0 Å². The summed E-state index contributed by atoms with van der Waals surface area (Å²) in [5.41, 5.74) is 3.07. The predicted molar refractivity (Wildman–Crippen MR) is 111 cm³/mol. The first-order valence-corrected chi connectivity index (χ1v) is 9.03. The maximum Gasteiger partial charge on any atom is 0.142 e. The first-order valence-electron chi connectivity index (χ1n) is 9.03. The van der Waals surface area contributed by atoms with E-state index in [1.165, 1.54) is 0 Å². The van der Waals surface area contributed by atoms with E-state index < -0.39 is 5.60 Å². The van der Waals surface area contributed by atoms with Gasteiger partial charge in [-0.2, -0.15) is 0 Å². The van der Waals surface area contributed by atoms with E-state index in [1.54, 1.807) is 0 Å². The molecule has 0 atom stereocenters. The van der Waals surface area contributed by atoms with E-state index in [-0.39, 0.29) is 0 Å². The van der Waals surface area contributed by atoms with Gasteiger partial charge in [0.25, 0.3) is 0 Å². The van der Waals surface area contributed by atoms with Gasteiger partial charge in [0.2, 0.25) is 0 Å². The minimum Gasteiger partial charge on any atom is -0.376 e. The molecule has 2 nitrogen and oxygen atoms in total. The zero-order valence-corrected chi connectivity index (χ0v) is 14.9. The Hall–Kier alpha value is -3.36. The zero-order chi connectivity index (χ0) is 18.5. The van der Waals surface area contributed by atoms with Crippen molar-refractivity contribution < 1.29 is 5.11 Å². The van der Waals surface area contributed by atoms with Crippen molar-refractivity contribution in [2.24, 2.45) is 0 Å². The molecule has 0 saturated heterocycles. The molecule has 132 valence electrons. The van der Waals surface area contributed by atoms with Crippen LogP contribution in [0.15, 0.2) is 115 Å². The number of anilines is 2. The summed E-state index contributed by atoms with van der Waals surface area (Å²) >= 11 is 0. The van der Waals surface area contributed by atoms with Gasteiger partial charge in [0.15, 0.2) is 0 Å². The highest BCUT2D eigenvalue weighted by molar-refractivity contribution is 5.67. The quantitative estimate of drug-likeness (QED) is 0.451. The second-order valence-electron chi connectivity index (χ2n) is 6.48. The minimum atomic E-state index is -1.26. The first kappa shape index (κ1) is 17.1. The minimum absolute atomic E-state index is 0.811. The molecule has 0 radical (unpaired) electrons. The second kappa shape index (κ2) is 7.48. The molecule has 0 amide bonds. The summed E-state index contributed by atoms with van der Waals surface area (Å²) in [6.07, 6.45) is 0. The smallest absolute Gasteiger partial charge is 0.142 e. The summed E-state index contributed by atoms with van der Waals surface area (Å²) in [6, 6.07) is 37.5. The van der Waals surface area contributed by atoms with Gasteiger partial charge < -0.3 is 10.4 Å². The van der Waals surface area contributed by atoms with Gasteiger partial charge in [0, 0.05) is 16.9 Å². The van der Waals surface area contributed by atoms with Crippen LogP contribution in [-0.4, -0.2) is 5.11 Å². The van der Waals surface area contributed by atoms with E-state index in [2.05, 4.69) is 5.32 Å². The summed E-state index contributed by atoms with van der Waals surface area (Å²) < 4.78 is 0. The summed E-state index contributed by atoms with van der Waals surface area (Å²) in [6.45, 7) is 0. The van der Waals surface area contributed by atoms with Crippen LogP contribution in [0.4, 0.5) is 11.4 Å². The molecular weight excluding hydrogens is 330 g/mol. The lowest BCUT2D eigenvalue weighted by molar-refractivity contribution is 0.126. The standard InChI is InChI=1S/C25H21NO/c27-25(20-12-4-1-5-13-20,21-14-6-2-7-15-21)23-18-10-11-19-24(23)26-22-16-8-3-9-17-22/h1-19,26-27H. The Morgan fingerprint density at radius 2 is 0.963 bits per heavy atom. The molecule has 2 N–H and O–H groups in total. The third-order valence-corrected chi connectivity index (χ3v) is 4.75. The molecule has 0 aliphatic heterocycles. The number of hydrogen-bond donors (Lipinski definition) is 2. The Morgan fingerprint density at radius 3 is 1.52 bits per heavy atom. The molecule has 0 aromatic heterocycles. The number of nitrogens with one attached hydrogen (secondary N) is 1.